The second-order valence-electron chi connectivity index (χ2n) is 5.44. The summed E-state index contributed by atoms with van der Waals surface area (Å²) in [4.78, 5) is 17.8. The number of hydrogen-bond acceptors (Lipinski definition) is 5. The summed E-state index contributed by atoms with van der Waals surface area (Å²) in [5.41, 5.74) is 2.16. The minimum Gasteiger partial charge on any atom is -0.326 e. The number of anilines is 1. The molecular formula is C19H17FN2OS3. The summed E-state index contributed by atoms with van der Waals surface area (Å²) in [5, 5.41) is 4.77. The predicted octanol–water partition coefficient (Wildman–Crippen LogP) is 5.48. The van der Waals surface area contributed by atoms with E-state index in [-0.39, 0.29) is 18.1 Å². The molecule has 1 N–H and O–H groups in total. The molecule has 1 heterocycles. The molecule has 0 aliphatic carbocycles. The molecule has 26 heavy (non-hydrogen) atoms. The summed E-state index contributed by atoms with van der Waals surface area (Å²) in [7, 11) is 0. The van der Waals surface area contributed by atoms with Gasteiger partial charge in [-0.05, 0) is 36.1 Å². The van der Waals surface area contributed by atoms with Crippen LogP contribution in [-0.2, 0) is 17.0 Å². The van der Waals surface area contributed by atoms with Crippen LogP contribution in [0.25, 0.3) is 0 Å². The standard InChI is InChI=1S/C19H17FN2OS3/c1-24-16-7-4-6-14(9-16)21-18(23)10-15-12-26-19(22-15)25-11-13-5-2-3-8-17(13)20/h2-9,12H,10-11H2,1H3,(H,21,23). The third-order valence-corrected chi connectivity index (χ3v) is 6.38. The lowest BCUT2D eigenvalue weighted by atomic mass is 10.2. The monoisotopic (exact) mass is 404 g/mol. The van der Waals surface area contributed by atoms with Gasteiger partial charge in [-0.15, -0.1) is 23.1 Å². The van der Waals surface area contributed by atoms with Crippen LogP contribution in [0.2, 0.25) is 0 Å². The van der Waals surface area contributed by atoms with Gasteiger partial charge in [0, 0.05) is 21.7 Å². The molecule has 0 spiro atoms. The van der Waals surface area contributed by atoms with Gasteiger partial charge in [-0.3, -0.25) is 4.79 Å². The Bertz CT molecular complexity index is 898. The van der Waals surface area contributed by atoms with Crippen LogP contribution >= 0.6 is 34.9 Å². The van der Waals surface area contributed by atoms with Crippen molar-refractivity contribution < 1.29 is 9.18 Å². The maximum Gasteiger partial charge on any atom is 0.230 e. The molecule has 3 nitrogen and oxygen atoms in total. The number of nitrogens with one attached hydrogen (secondary N) is 1. The molecule has 0 atom stereocenters. The first-order valence-corrected chi connectivity index (χ1v) is 11.0. The van der Waals surface area contributed by atoms with E-state index in [0.29, 0.717) is 11.3 Å². The molecule has 0 fully saturated rings. The molecule has 2 aromatic carbocycles. The van der Waals surface area contributed by atoms with Gasteiger partial charge in [-0.1, -0.05) is 36.0 Å². The van der Waals surface area contributed by atoms with Gasteiger partial charge >= 0.3 is 0 Å². The van der Waals surface area contributed by atoms with Crippen LogP contribution in [-0.4, -0.2) is 17.1 Å². The molecule has 0 saturated heterocycles. The average molecular weight is 405 g/mol. The lowest BCUT2D eigenvalue weighted by molar-refractivity contribution is -0.115. The molecule has 0 bridgehead atoms. The molecule has 0 saturated carbocycles. The SMILES string of the molecule is CSc1cccc(NC(=O)Cc2csc(SCc3ccccc3F)n2)c1. The number of benzene rings is 2. The Labute approximate surface area is 164 Å². The largest absolute Gasteiger partial charge is 0.326 e. The Hall–Kier alpha value is -1.83. The van der Waals surface area contributed by atoms with Crippen LogP contribution in [0.5, 0.6) is 0 Å². The van der Waals surface area contributed by atoms with Gasteiger partial charge in [0.25, 0.3) is 0 Å². The summed E-state index contributed by atoms with van der Waals surface area (Å²) >= 11 is 4.58. The second-order valence-corrected chi connectivity index (χ2v) is 8.40. The smallest absolute Gasteiger partial charge is 0.230 e. The summed E-state index contributed by atoms with van der Waals surface area (Å²) in [5.74, 6) is 0.218. The number of halogens is 1. The van der Waals surface area contributed by atoms with Crippen molar-refractivity contribution in [2.75, 3.05) is 11.6 Å². The number of nitrogens with zero attached hydrogens (tertiary/aromatic N) is 1. The van der Waals surface area contributed by atoms with Crippen molar-refractivity contribution in [1.29, 1.82) is 0 Å². The van der Waals surface area contributed by atoms with E-state index in [2.05, 4.69) is 10.3 Å². The maximum absolute atomic E-state index is 13.6. The van der Waals surface area contributed by atoms with Gasteiger partial charge in [0.2, 0.25) is 5.91 Å². The Morgan fingerprint density at radius 3 is 2.88 bits per heavy atom. The highest BCUT2D eigenvalue weighted by Crippen LogP contribution is 2.27. The fourth-order valence-electron chi connectivity index (χ4n) is 2.26. The number of amides is 1. The molecule has 0 aliphatic rings. The third-order valence-electron chi connectivity index (χ3n) is 3.53. The van der Waals surface area contributed by atoms with Gasteiger partial charge in [0.1, 0.15) is 10.2 Å². The zero-order chi connectivity index (χ0) is 18.4. The summed E-state index contributed by atoms with van der Waals surface area (Å²) in [6.07, 6.45) is 2.22. The van der Waals surface area contributed by atoms with E-state index in [9.17, 15) is 9.18 Å². The Morgan fingerprint density at radius 1 is 1.23 bits per heavy atom. The van der Waals surface area contributed by atoms with Crippen LogP contribution in [0, 0.1) is 5.82 Å². The average Bonchev–Trinajstić information content (AvgIpc) is 3.08. The number of thioether (sulfide) groups is 2. The van der Waals surface area contributed by atoms with E-state index in [1.165, 1.54) is 29.2 Å². The predicted molar refractivity (Wildman–Crippen MR) is 109 cm³/mol. The van der Waals surface area contributed by atoms with E-state index in [0.717, 1.165) is 20.6 Å². The van der Waals surface area contributed by atoms with Gasteiger partial charge in [-0.25, -0.2) is 9.37 Å². The summed E-state index contributed by atoms with van der Waals surface area (Å²) in [6.45, 7) is 0. The maximum atomic E-state index is 13.6. The van der Waals surface area contributed by atoms with Crippen LogP contribution in [0.3, 0.4) is 0 Å². The highest BCUT2D eigenvalue weighted by atomic mass is 32.2. The lowest BCUT2D eigenvalue weighted by Gasteiger charge is -2.05. The first-order chi connectivity index (χ1) is 12.6. The van der Waals surface area contributed by atoms with E-state index >= 15 is 0 Å². The highest BCUT2D eigenvalue weighted by molar-refractivity contribution is 8.00. The van der Waals surface area contributed by atoms with Crippen LogP contribution in [0.15, 0.2) is 63.1 Å². The molecule has 0 unspecified atom stereocenters. The number of thiazole rings is 1. The van der Waals surface area contributed by atoms with Crippen LogP contribution < -0.4 is 5.32 Å². The number of carbonyl (C=O) groups is 1. The first-order valence-electron chi connectivity index (χ1n) is 7.88. The van der Waals surface area contributed by atoms with Gasteiger partial charge < -0.3 is 5.32 Å². The number of aromatic nitrogens is 1. The Balaban J connectivity index is 1.54. The minimum absolute atomic E-state index is 0.0980. The summed E-state index contributed by atoms with van der Waals surface area (Å²) in [6, 6.07) is 14.5. The molecule has 134 valence electrons. The molecule has 1 aromatic heterocycles. The molecule has 3 aromatic rings. The quantitative estimate of drug-likeness (QED) is 0.530. The van der Waals surface area contributed by atoms with E-state index in [1.807, 2.05) is 42.0 Å². The zero-order valence-electron chi connectivity index (χ0n) is 14.1. The van der Waals surface area contributed by atoms with Gasteiger partial charge in [0.15, 0.2) is 0 Å². The second kappa shape index (κ2) is 9.21. The van der Waals surface area contributed by atoms with Crippen molar-refractivity contribution in [2.24, 2.45) is 0 Å². The molecule has 7 heteroatoms. The zero-order valence-corrected chi connectivity index (χ0v) is 16.5. The molecule has 3 rings (SSSR count). The highest BCUT2D eigenvalue weighted by Gasteiger charge is 2.10. The first kappa shape index (κ1) is 18.9. The van der Waals surface area contributed by atoms with Crippen molar-refractivity contribution in [2.45, 2.75) is 21.4 Å². The minimum atomic E-state index is -0.205. The molecule has 0 aliphatic heterocycles. The van der Waals surface area contributed by atoms with E-state index < -0.39 is 0 Å². The van der Waals surface area contributed by atoms with Gasteiger partial charge in [0.05, 0.1) is 12.1 Å². The molecule has 0 radical (unpaired) electrons. The van der Waals surface area contributed by atoms with Crippen LogP contribution in [0.1, 0.15) is 11.3 Å². The fourth-order valence-corrected chi connectivity index (χ4v) is 4.55. The van der Waals surface area contributed by atoms with Crippen molar-refractivity contribution in [3.05, 3.63) is 71.0 Å². The Kier molecular flexibility index (Phi) is 6.71. The molecular weight excluding hydrogens is 387 g/mol. The fraction of sp³-hybridized carbons (Fsp3) is 0.158. The van der Waals surface area contributed by atoms with Crippen molar-refractivity contribution in [1.82, 2.24) is 4.98 Å². The lowest BCUT2D eigenvalue weighted by Crippen LogP contribution is -2.14. The van der Waals surface area contributed by atoms with E-state index in [1.54, 1.807) is 23.9 Å². The van der Waals surface area contributed by atoms with E-state index in [4.69, 9.17) is 0 Å². The topological polar surface area (TPSA) is 42.0 Å². The number of rotatable bonds is 7. The Morgan fingerprint density at radius 2 is 2.08 bits per heavy atom. The number of carbonyl (C=O) groups excluding carboxylic acids is 1. The van der Waals surface area contributed by atoms with Gasteiger partial charge in [-0.2, -0.15) is 0 Å². The number of hydrogen-bond donors (Lipinski definition) is 1. The summed E-state index contributed by atoms with van der Waals surface area (Å²) < 4.78 is 14.5. The van der Waals surface area contributed by atoms with Crippen LogP contribution in [0.4, 0.5) is 10.1 Å². The van der Waals surface area contributed by atoms with Crippen molar-refractivity contribution in [3.8, 4) is 0 Å². The van der Waals surface area contributed by atoms with Crippen molar-refractivity contribution in [3.63, 3.8) is 0 Å². The normalized spacial score (nSPS) is 10.7. The third kappa shape index (κ3) is 5.33. The van der Waals surface area contributed by atoms with Crippen molar-refractivity contribution >= 4 is 46.5 Å². The molecule has 1 amide bonds.